The Morgan fingerprint density at radius 3 is 2.81 bits per heavy atom. The van der Waals surface area contributed by atoms with Crippen LogP contribution < -0.4 is 0 Å². The highest BCUT2D eigenvalue weighted by Gasteiger charge is 2.48. The molecule has 0 amide bonds. The number of piperidine rings is 2. The van der Waals surface area contributed by atoms with Crippen LogP contribution in [-0.4, -0.2) is 29.1 Å². The molecule has 26 heavy (non-hydrogen) atoms. The normalized spacial score (nSPS) is 33.4. The zero-order chi connectivity index (χ0) is 18.3. The van der Waals surface area contributed by atoms with Gasteiger partial charge in [0.15, 0.2) is 0 Å². The third-order valence-corrected chi connectivity index (χ3v) is 7.39. The molecular formula is C24H35NO. The molecule has 4 bridgehead atoms. The Morgan fingerprint density at radius 1 is 1.19 bits per heavy atom. The summed E-state index contributed by atoms with van der Waals surface area (Å²) in [5.41, 5.74) is 5.95. The SMILES string of the molecule is CCCCC1=C(c2cc(O)ccc2C)CCN2CC3CC(CC)C2C1C3. The smallest absolute Gasteiger partial charge is 0.116 e. The largest absolute Gasteiger partial charge is 0.508 e. The molecule has 1 aliphatic carbocycles. The maximum Gasteiger partial charge on any atom is 0.116 e. The molecule has 5 atom stereocenters. The zero-order valence-electron chi connectivity index (χ0n) is 16.8. The highest BCUT2D eigenvalue weighted by molar-refractivity contribution is 5.73. The van der Waals surface area contributed by atoms with Gasteiger partial charge in [0.05, 0.1) is 0 Å². The summed E-state index contributed by atoms with van der Waals surface area (Å²) in [5.74, 6) is 2.94. The van der Waals surface area contributed by atoms with Crippen molar-refractivity contribution in [2.24, 2.45) is 17.8 Å². The Labute approximate surface area is 159 Å². The lowest BCUT2D eigenvalue weighted by Gasteiger charge is -2.54. The Morgan fingerprint density at radius 2 is 2.04 bits per heavy atom. The molecule has 5 rings (SSSR count). The quantitative estimate of drug-likeness (QED) is 0.725. The van der Waals surface area contributed by atoms with Crippen molar-refractivity contribution in [1.82, 2.24) is 4.90 Å². The molecule has 5 unspecified atom stereocenters. The number of phenolic OH excluding ortho intramolecular Hbond substituents is 1. The second-order valence-corrected chi connectivity index (χ2v) is 8.95. The summed E-state index contributed by atoms with van der Waals surface area (Å²) >= 11 is 0. The van der Waals surface area contributed by atoms with Crippen LogP contribution in [0.25, 0.3) is 5.57 Å². The van der Waals surface area contributed by atoms with Gasteiger partial charge in [-0.05, 0) is 85.6 Å². The number of aromatic hydroxyl groups is 1. The number of unbranched alkanes of at least 4 members (excludes halogenated alkanes) is 1. The maximum atomic E-state index is 10.1. The lowest BCUT2D eigenvalue weighted by molar-refractivity contribution is -0.0275. The van der Waals surface area contributed by atoms with Crippen LogP contribution in [0.2, 0.25) is 0 Å². The molecule has 0 spiro atoms. The van der Waals surface area contributed by atoms with Crippen molar-refractivity contribution in [3.8, 4) is 5.75 Å². The molecular weight excluding hydrogens is 318 g/mol. The minimum Gasteiger partial charge on any atom is -0.508 e. The molecule has 1 aromatic rings. The highest BCUT2D eigenvalue weighted by Crippen LogP contribution is 2.51. The molecule has 0 aromatic heterocycles. The second-order valence-electron chi connectivity index (χ2n) is 8.95. The summed E-state index contributed by atoms with van der Waals surface area (Å²) in [6, 6.07) is 6.72. The van der Waals surface area contributed by atoms with E-state index >= 15 is 0 Å². The molecule has 4 aliphatic rings. The molecule has 3 aliphatic heterocycles. The van der Waals surface area contributed by atoms with Gasteiger partial charge >= 0.3 is 0 Å². The van der Waals surface area contributed by atoms with Crippen LogP contribution >= 0.6 is 0 Å². The predicted molar refractivity (Wildman–Crippen MR) is 109 cm³/mol. The average molecular weight is 354 g/mol. The molecule has 1 aromatic carbocycles. The monoisotopic (exact) mass is 353 g/mol. The van der Waals surface area contributed by atoms with E-state index in [1.807, 2.05) is 12.1 Å². The van der Waals surface area contributed by atoms with Crippen LogP contribution in [0.5, 0.6) is 5.75 Å². The van der Waals surface area contributed by atoms with E-state index in [1.165, 1.54) is 62.7 Å². The number of hydrogen-bond acceptors (Lipinski definition) is 2. The molecule has 1 saturated carbocycles. The van der Waals surface area contributed by atoms with Gasteiger partial charge in [-0.25, -0.2) is 0 Å². The first kappa shape index (κ1) is 18.1. The standard InChI is InChI=1S/C24H35NO/c1-4-6-7-20-21(22-14-19(26)9-8-16(22)3)10-11-25-15-17-12-18(5-2)24(25)23(20)13-17/h8-9,14,17-18,23-24,26H,4-7,10-13,15H2,1-3H3. The molecule has 142 valence electrons. The summed E-state index contributed by atoms with van der Waals surface area (Å²) in [6.45, 7) is 9.44. The molecule has 3 heterocycles. The Balaban J connectivity index is 1.81. The molecule has 2 nitrogen and oxygen atoms in total. The van der Waals surface area contributed by atoms with E-state index in [0.717, 1.165) is 30.2 Å². The second kappa shape index (κ2) is 7.38. The van der Waals surface area contributed by atoms with Gasteiger partial charge in [0.2, 0.25) is 0 Å². The lowest BCUT2D eigenvalue weighted by Crippen LogP contribution is -2.57. The van der Waals surface area contributed by atoms with Gasteiger partial charge in [-0.3, -0.25) is 4.90 Å². The first-order valence-electron chi connectivity index (χ1n) is 10.9. The van der Waals surface area contributed by atoms with E-state index in [1.54, 1.807) is 11.1 Å². The third kappa shape index (κ3) is 3.11. The van der Waals surface area contributed by atoms with E-state index in [9.17, 15) is 5.11 Å². The minimum absolute atomic E-state index is 0.411. The highest BCUT2D eigenvalue weighted by atomic mass is 16.3. The van der Waals surface area contributed by atoms with Gasteiger partial charge in [0.25, 0.3) is 0 Å². The summed E-state index contributed by atoms with van der Waals surface area (Å²) < 4.78 is 0. The van der Waals surface area contributed by atoms with Crippen LogP contribution in [0.3, 0.4) is 0 Å². The molecule has 3 fully saturated rings. The van der Waals surface area contributed by atoms with E-state index in [2.05, 4.69) is 31.7 Å². The van der Waals surface area contributed by atoms with Gasteiger partial charge in [0.1, 0.15) is 5.75 Å². The van der Waals surface area contributed by atoms with E-state index in [-0.39, 0.29) is 0 Å². The zero-order valence-corrected chi connectivity index (χ0v) is 16.8. The number of benzene rings is 1. The third-order valence-electron chi connectivity index (χ3n) is 7.39. The fourth-order valence-corrected chi connectivity index (χ4v) is 6.23. The van der Waals surface area contributed by atoms with E-state index in [4.69, 9.17) is 0 Å². The predicted octanol–water partition coefficient (Wildman–Crippen LogP) is 5.78. The van der Waals surface area contributed by atoms with Crippen molar-refractivity contribution >= 4 is 5.57 Å². The number of hydrogen-bond donors (Lipinski definition) is 1. The summed E-state index contributed by atoms with van der Waals surface area (Å²) in [6.07, 6.45) is 9.14. The van der Waals surface area contributed by atoms with Crippen molar-refractivity contribution in [3.63, 3.8) is 0 Å². The number of aryl methyl sites for hydroxylation is 1. The Hall–Kier alpha value is -1.28. The molecule has 1 N–H and O–H groups in total. The van der Waals surface area contributed by atoms with Crippen LogP contribution in [-0.2, 0) is 0 Å². The van der Waals surface area contributed by atoms with Crippen LogP contribution in [0.1, 0.15) is 69.9 Å². The fourth-order valence-electron chi connectivity index (χ4n) is 6.23. The Kier molecular flexibility index (Phi) is 5.14. The molecule has 0 radical (unpaired) electrons. The Bertz CT molecular complexity index is 691. The average Bonchev–Trinajstić information content (AvgIpc) is 2.76. The molecule has 2 heteroatoms. The van der Waals surface area contributed by atoms with Crippen molar-refractivity contribution in [2.75, 3.05) is 13.1 Å². The topological polar surface area (TPSA) is 23.5 Å². The number of rotatable bonds is 5. The van der Waals surface area contributed by atoms with Gasteiger partial charge in [-0.1, -0.05) is 38.3 Å². The van der Waals surface area contributed by atoms with E-state index < -0.39 is 0 Å². The summed E-state index contributed by atoms with van der Waals surface area (Å²) in [5, 5.41) is 10.1. The van der Waals surface area contributed by atoms with Gasteiger partial charge < -0.3 is 5.11 Å². The maximum absolute atomic E-state index is 10.1. The summed E-state index contributed by atoms with van der Waals surface area (Å²) in [7, 11) is 0. The lowest BCUT2D eigenvalue weighted by atomic mass is 9.63. The number of phenols is 1. The fraction of sp³-hybridized carbons (Fsp3) is 0.667. The van der Waals surface area contributed by atoms with Crippen LogP contribution in [0.15, 0.2) is 23.8 Å². The van der Waals surface area contributed by atoms with Gasteiger partial charge in [-0.15, -0.1) is 0 Å². The van der Waals surface area contributed by atoms with Crippen LogP contribution in [0, 0.1) is 24.7 Å². The van der Waals surface area contributed by atoms with Crippen molar-refractivity contribution < 1.29 is 5.11 Å². The summed E-state index contributed by atoms with van der Waals surface area (Å²) in [4.78, 5) is 2.84. The van der Waals surface area contributed by atoms with Gasteiger partial charge in [0, 0.05) is 19.1 Å². The van der Waals surface area contributed by atoms with Crippen molar-refractivity contribution in [2.45, 2.75) is 71.8 Å². The van der Waals surface area contributed by atoms with E-state index in [0.29, 0.717) is 5.75 Å². The first-order chi connectivity index (χ1) is 12.6. The minimum atomic E-state index is 0.411. The number of nitrogens with zero attached hydrogens (tertiary/aromatic N) is 1. The first-order valence-corrected chi connectivity index (χ1v) is 10.9. The molecule has 2 saturated heterocycles. The number of fused-ring (bicyclic) bond motifs is 1. The van der Waals surface area contributed by atoms with Crippen molar-refractivity contribution in [1.29, 1.82) is 0 Å². The van der Waals surface area contributed by atoms with Crippen molar-refractivity contribution in [3.05, 3.63) is 34.9 Å². The van der Waals surface area contributed by atoms with Crippen LogP contribution in [0.4, 0.5) is 0 Å². The van der Waals surface area contributed by atoms with Gasteiger partial charge in [-0.2, -0.15) is 0 Å².